The predicted octanol–water partition coefficient (Wildman–Crippen LogP) is 2.97. The van der Waals surface area contributed by atoms with E-state index in [2.05, 4.69) is 5.32 Å². The third-order valence-electron chi connectivity index (χ3n) is 3.24. The maximum atomic E-state index is 14.1. The number of halogens is 1. The minimum atomic E-state index is -0.165. The Morgan fingerprint density at radius 2 is 2.16 bits per heavy atom. The summed E-state index contributed by atoms with van der Waals surface area (Å²) >= 11 is 0. The normalized spacial score (nSPS) is 12.5. The van der Waals surface area contributed by atoms with Crippen LogP contribution >= 0.6 is 0 Å². The van der Waals surface area contributed by atoms with Gasteiger partial charge in [0.05, 0.1) is 5.69 Å². The molecular weight excluding hydrogens is 243 g/mol. The standard InChI is InChI=1S/C15H25FN2O/c1-5-17-12(2)13-7-8-15(14(16)11-13)18(3)9-6-10-19-4/h7-8,11-12,17H,5-6,9-10H2,1-4H3. The Balaban J connectivity index is 2.70. The Morgan fingerprint density at radius 1 is 1.42 bits per heavy atom. The van der Waals surface area contributed by atoms with Crippen LogP contribution < -0.4 is 10.2 Å². The van der Waals surface area contributed by atoms with E-state index in [1.54, 1.807) is 13.2 Å². The van der Waals surface area contributed by atoms with Gasteiger partial charge in [0.25, 0.3) is 0 Å². The van der Waals surface area contributed by atoms with Gasteiger partial charge in [-0.2, -0.15) is 0 Å². The number of methoxy groups -OCH3 is 1. The molecule has 1 unspecified atom stereocenters. The molecule has 1 aromatic carbocycles. The van der Waals surface area contributed by atoms with E-state index in [1.165, 1.54) is 0 Å². The van der Waals surface area contributed by atoms with Crippen molar-refractivity contribution in [3.8, 4) is 0 Å². The number of nitrogens with zero attached hydrogens (tertiary/aromatic N) is 1. The molecule has 4 heteroatoms. The average Bonchev–Trinajstić information content (AvgIpc) is 2.39. The van der Waals surface area contributed by atoms with E-state index in [0.717, 1.165) is 25.1 Å². The molecule has 0 spiro atoms. The molecule has 0 saturated heterocycles. The molecule has 0 aromatic heterocycles. The van der Waals surface area contributed by atoms with Crippen LogP contribution in [0.5, 0.6) is 0 Å². The lowest BCUT2D eigenvalue weighted by molar-refractivity contribution is 0.196. The van der Waals surface area contributed by atoms with E-state index in [1.807, 2.05) is 37.9 Å². The zero-order chi connectivity index (χ0) is 14.3. The molecular formula is C15H25FN2O. The van der Waals surface area contributed by atoms with Crippen molar-refractivity contribution in [3.05, 3.63) is 29.6 Å². The molecule has 0 bridgehead atoms. The molecule has 0 heterocycles. The van der Waals surface area contributed by atoms with Crippen LogP contribution in [0, 0.1) is 5.82 Å². The highest BCUT2D eigenvalue weighted by molar-refractivity contribution is 5.48. The SMILES string of the molecule is CCNC(C)c1ccc(N(C)CCCOC)c(F)c1. The first-order chi connectivity index (χ1) is 9.10. The molecule has 0 aliphatic carbocycles. The summed E-state index contributed by atoms with van der Waals surface area (Å²) in [7, 11) is 3.58. The maximum Gasteiger partial charge on any atom is 0.146 e. The minimum absolute atomic E-state index is 0.165. The zero-order valence-electron chi connectivity index (χ0n) is 12.4. The van der Waals surface area contributed by atoms with E-state index in [0.29, 0.717) is 12.3 Å². The second-order valence-corrected chi connectivity index (χ2v) is 4.76. The Labute approximate surface area is 115 Å². The highest BCUT2D eigenvalue weighted by atomic mass is 19.1. The summed E-state index contributed by atoms with van der Waals surface area (Å²) in [6.45, 7) is 6.45. The Kier molecular flexibility index (Phi) is 6.81. The number of benzene rings is 1. The molecule has 1 rings (SSSR count). The van der Waals surface area contributed by atoms with Crippen molar-refractivity contribution in [1.82, 2.24) is 5.32 Å². The second-order valence-electron chi connectivity index (χ2n) is 4.76. The maximum absolute atomic E-state index is 14.1. The van der Waals surface area contributed by atoms with E-state index in [4.69, 9.17) is 4.74 Å². The molecule has 0 aliphatic rings. The van der Waals surface area contributed by atoms with Gasteiger partial charge < -0.3 is 15.0 Å². The Bertz CT molecular complexity index is 384. The van der Waals surface area contributed by atoms with Gasteiger partial charge >= 0.3 is 0 Å². The van der Waals surface area contributed by atoms with Gasteiger partial charge in [-0.1, -0.05) is 13.0 Å². The fraction of sp³-hybridized carbons (Fsp3) is 0.600. The molecule has 3 nitrogen and oxygen atoms in total. The molecule has 19 heavy (non-hydrogen) atoms. The van der Waals surface area contributed by atoms with Crippen molar-refractivity contribution in [3.63, 3.8) is 0 Å². The first-order valence-corrected chi connectivity index (χ1v) is 6.83. The van der Waals surface area contributed by atoms with Crippen LogP contribution in [-0.2, 0) is 4.74 Å². The number of anilines is 1. The van der Waals surface area contributed by atoms with E-state index < -0.39 is 0 Å². The van der Waals surface area contributed by atoms with Crippen molar-refractivity contribution in [2.75, 3.05) is 38.8 Å². The van der Waals surface area contributed by atoms with Crippen molar-refractivity contribution in [2.45, 2.75) is 26.3 Å². The van der Waals surface area contributed by atoms with Crippen molar-refractivity contribution >= 4 is 5.69 Å². The van der Waals surface area contributed by atoms with Gasteiger partial charge in [-0.25, -0.2) is 4.39 Å². The molecule has 1 aromatic rings. The van der Waals surface area contributed by atoms with Gasteiger partial charge in [0.2, 0.25) is 0 Å². The number of nitrogens with one attached hydrogen (secondary N) is 1. The third kappa shape index (κ3) is 4.80. The summed E-state index contributed by atoms with van der Waals surface area (Å²) in [6.07, 6.45) is 0.891. The highest BCUT2D eigenvalue weighted by Gasteiger charge is 2.11. The molecule has 0 fully saturated rings. The summed E-state index contributed by atoms with van der Waals surface area (Å²) in [6, 6.07) is 5.63. The largest absolute Gasteiger partial charge is 0.385 e. The molecule has 0 amide bonds. The van der Waals surface area contributed by atoms with Gasteiger partial charge in [-0.15, -0.1) is 0 Å². The van der Waals surface area contributed by atoms with Crippen LogP contribution in [-0.4, -0.2) is 33.9 Å². The lowest BCUT2D eigenvalue weighted by Gasteiger charge is -2.21. The van der Waals surface area contributed by atoms with Gasteiger partial charge in [0.15, 0.2) is 0 Å². The van der Waals surface area contributed by atoms with Gasteiger partial charge in [0.1, 0.15) is 5.82 Å². The predicted molar refractivity (Wildman–Crippen MR) is 78.3 cm³/mol. The molecule has 108 valence electrons. The number of ether oxygens (including phenoxy) is 1. The highest BCUT2D eigenvalue weighted by Crippen LogP contribution is 2.22. The monoisotopic (exact) mass is 268 g/mol. The van der Waals surface area contributed by atoms with Crippen LogP contribution in [0.1, 0.15) is 31.9 Å². The minimum Gasteiger partial charge on any atom is -0.385 e. The van der Waals surface area contributed by atoms with Crippen molar-refractivity contribution < 1.29 is 9.13 Å². The fourth-order valence-corrected chi connectivity index (χ4v) is 2.09. The summed E-state index contributed by atoms with van der Waals surface area (Å²) < 4.78 is 19.1. The van der Waals surface area contributed by atoms with Crippen LogP contribution in [0.2, 0.25) is 0 Å². The third-order valence-corrected chi connectivity index (χ3v) is 3.24. The lowest BCUT2D eigenvalue weighted by Crippen LogP contribution is -2.22. The number of hydrogen-bond acceptors (Lipinski definition) is 3. The topological polar surface area (TPSA) is 24.5 Å². The lowest BCUT2D eigenvalue weighted by atomic mass is 10.1. The van der Waals surface area contributed by atoms with Gasteiger partial charge in [-0.3, -0.25) is 0 Å². The van der Waals surface area contributed by atoms with Crippen LogP contribution in [0.25, 0.3) is 0 Å². The smallest absolute Gasteiger partial charge is 0.146 e. The Hall–Kier alpha value is -1.13. The fourth-order valence-electron chi connectivity index (χ4n) is 2.09. The number of rotatable bonds is 8. The zero-order valence-corrected chi connectivity index (χ0v) is 12.4. The first-order valence-electron chi connectivity index (χ1n) is 6.83. The van der Waals surface area contributed by atoms with E-state index in [-0.39, 0.29) is 11.9 Å². The van der Waals surface area contributed by atoms with E-state index in [9.17, 15) is 4.39 Å². The summed E-state index contributed by atoms with van der Waals surface area (Å²) in [5.74, 6) is -0.165. The van der Waals surface area contributed by atoms with Crippen LogP contribution in [0.4, 0.5) is 10.1 Å². The first kappa shape index (κ1) is 15.9. The molecule has 0 radical (unpaired) electrons. The Morgan fingerprint density at radius 3 is 2.74 bits per heavy atom. The molecule has 0 saturated carbocycles. The van der Waals surface area contributed by atoms with Crippen LogP contribution in [0.3, 0.4) is 0 Å². The van der Waals surface area contributed by atoms with E-state index >= 15 is 0 Å². The molecule has 1 atom stereocenters. The van der Waals surface area contributed by atoms with Crippen molar-refractivity contribution in [1.29, 1.82) is 0 Å². The number of hydrogen-bond donors (Lipinski definition) is 1. The van der Waals surface area contributed by atoms with Crippen molar-refractivity contribution in [2.24, 2.45) is 0 Å². The van der Waals surface area contributed by atoms with Gasteiger partial charge in [-0.05, 0) is 37.6 Å². The summed E-state index contributed by atoms with van der Waals surface area (Å²) in [5, 5.41) is 3.28. The van der Waals surface area contributed by atoms with Crippen LogP contribution in [0.15, 0.2) is 18.2 Å². The molecule has 0 aliphatic heterocycles. The summed E-state index contributed by atoms with van der Waals surface area (Å²) in [4.78, 5) is 1.93. The quantitative estimate of drug-likeness (QED) is 0.734. The molecule has 1 N–H and O–H groups in total. The average molecular weight is 268 g/mol. The van der Waals surface area contributed by atoms with Gasteiger partial charge in [0, 0.05) is 33.4 Å². The second kappa shape index (κ2) is 8.12. The summed E-state index contributed by atoms with van der Waals surface area (Å²) in [5.41, 5.74) is 1.62.